The molecule has 1 aliphatic rings. The molecule has 0 radical (unpaired) electrons. The van der Waals surface area contributed by atoms with E-state index in [2.05, 4.69) is 26.1 Å². The van der Waals surface area contributed by atoms with Crippen LogP contribution in [0.15, 0.2) is 0 Å². The maximum Gasteiger partial charge on any atom is 0.229 e. The summed E-state index contributed by atoms with van der Waals surface area (Å²) in [6.07, 6.45) is 1.77. The molecule has 0 atom stereocenters. The van der Waals surface area contributed by atoms with E-state index in [1.807, 2.05) is 13.8 Å². The van der Waals surface area contributed by atoms with Gasteiger partial charge in [-0.05, 0) is 39.2 Å². The minimum atomic E-state index is -0.172. The van der Waals surface area contributed by atoms with E-state index < -0.39 is 0 Å². The first-order valence-corrected chi connectivity index (χ1v) is 6.69. The van der Waals surface area contributed by atoms with Gasteiger partial charge in [0.15, 0.2) is 0 Å². The summed E-state index contributed by atoms with van der Waals surface area (Å²) in [5.74, 6) is -0.0426. The van der Waals surface area contributed by atoms with Crippen molar-refractivity contribution in [2.45, 2.75) is 59.4 Å². The molecule has 1 N–H and O–H groups in total. The van der Waals surface area contributed by atoms with Crippen LogP contribution in [0.4, 0.5) is 0 Å². The van der Waals surface area contributed by atoms with Crippen LogP contribution in [0.1, 0.15) is 53.9 Å². The summed E-state index contributed by atoms with van der Waals surface area (Å²) in [4.78, 5) is 25.2. The summed E-state index contributed by atoms with van der Waals surface area (Å²) in [6, 6.07) is 0. The highest BCUT2D eigenvalue weighted by atomic mass is 16.2. The summed E-state index contributed by atoms with van der Waals surface area (Å²) >= 11 is 0. The Bertz CT molecular complexity index is 309. The molecular weight excluding hydrogens is 228 g/mol. The number of rotatable bonds is 4. The van der Waals surface area contributed by atoms with Gasteiger partial charge < -0.3 is 5.32 Å². The fourth-order valence-electron chi connectivity index (χ4n) is 2.16. The van der Waals surface area contributed by atoms with E-state index >= 15 is 0 Å². The van der Waals surface area contributed by atoms with Crippen molar-refractivity contribution in [3.8, 4) is 0 Å². The van der Waals surface area contributed by atoms with Gasteiger partial charge in [0.2, 0.25) is 11.8 Å². The van der Waals surface area contributed by atoms with E-state index in [-0.39, 0.29) is 22.8 Å². The lowest BCUT2D eigenvalue weighted by Gasteiger charge is -2.34. The third-order valence-electron chi connectivity index (χ3n) is 3.08. The normalized spacial score (nSPS) is 20.4. The monoisotopic (exact) mass is 254 g/mol. The molecule has 4 nitrogen and oxygen atoms in total. The van der Waals surface area contributed by atoms with Crippen molar-refractivity contribution >= 4 is 11.8 Å². The molecule has 1 heterocycles. The van der Waals surface area contributed by atoms with Crippen LogP contribution in [0.5, 0.6) is 0 Å². The van der Waals surface area contributed by atoms with Crippen molar-refractivity contribution in [1.82, 2.24) is 10.2 Å². The highest BCUT2D eigenvalue weighted by Crippen LogP contribution is 2.31. The Balaban J connectivity index is 2.39. The van der Waals surface area contributed by atoms with Gasteiger partial charge in [-0.2, -0.15) is 0 Å². The van der Waals surface area contributed by atoms with Gasteiger partial charge in [0.05, 0.1) is 0 Å². The standard InChI is InChI=1S/C14H26N2O2/c1-13(2,3)15-7-6-8-16-11(17)9-14(4,5)10-12(16)18/h15H,6-10H2,1-5H3. The van der Waals surface area contributed by atoms with Gasteiger partial charge >= 0.3 is 0 Å². The molecule has 1 aliphatic heterocycles. The lowest BCUT2D eigenvalue weighted by atomic mass is 9.82. The van der Waals surface area contributed by atoms with Gasteiger partial charge in [-0.3, -0.25) is 14.5 Å². The van der Waals surface area contributed by atoms with E-state index in [4.69, 9.17) is 0 Å². The molecule has 0 aromatic rings. The molecule has 0 spiro atoms. The maximum atomic E-state index is 11.9. The van der Waals surface area contributed by atoms with E-state index in [1.165, 1.54) is 4.90 Å². The minimum absolute atomic E-state index is 0.0213. The second-order valence-corrected chi connectivity index (χ2v) is 6.99. The second-order valence-electron chi connectivity index (χ2n) is 6.99. The first-order valence-electron chi connectivity index (χ1n) is 6.69. The molecule has 0 aromatic carbocycles. The van der Waals surface area contributed by atoms with Crippen molar-refractivity contribution < 1.29 is 9.59 Å². The van der Waals surface area contributed by atoms with Crippen molar-refractivity contribution in [1.29, 1.82) is 0 Å². The van der Waals surface area contributed by atoms with Crippen LogP contribution in [0.2, 0.25) is 0 Å². The first-order chi connectivity index (χ1) is 8.11. The Kier molecular flexibility index (Phi) is 4.54. The van der Waals surface area contributed by atoms with Gasteiger partial charge in [-0.25, -0.2) is 0 Å². The van der Waals surface area contributed by atoms with Crippen LogP contribution in [-0.2, 0) is 9.59 Å². The lowest BCUT2D eigenvalue weighted by molar-refractivity contribution is -0.152. The molecule has 1 saturated heterocycles. The van der Waals surface area contributed by atoms with Crippen LogP contribution in [-0.4, -0.2) is 35.3 Å². The van der Waals surface area contributed by atoms with Gasteiger partial charge in [0.1, 0.15) is 0 Å². The zero-order valence-electron chi connectivity index (χ0n) is 12.3. The number of hydrogen-bond acceptors (Lipinski definition) is 3. The summed E-state index contributed by atoms with van der Waals surface area (Å²) in [5.41, 5.74) is -0.0910. The fourth-order valence-corrected chi connectivity index (χ4v) is 2.16. The quantitative estimate of drug-likeness (QED) is 0.616. The SMILES string of the molecule is CC1(C)CC(=O)N(CCCNC(C)(C)C)C(=O)C1. The van der Waals surface area contributed by atoms with E-state index in [9.17, 15) is 9.59 Å². The molecule has 1 rings (SSSR count). The molecule has 1 fully saturated rings. The van der Waals surface area contributed by atoms with Crippen molar-refractivity contribution in [2.24, 2.45) is 5.41 Å². The maximum absolute atomic E-state index is 11.9. The van der Waals surface area contributed by atoms with Gasteiger partial charge in [-0.15, -0.1) is 0 Å². The molecule has 4 heteroatoms. The molecule has 0 bridgehead atoms. The summed E-state index contributed by atoms with van der Waals surface area (Å²) in [6.45, 7) is 11.6. The minimum Gasteiger partial charge on any atom is -0.312 e. The number of imide groups is 1. The van der Waals surface area contributed by atoms with Crippen LogP contribution < -0.4 is 5.32 Å². The number of piperidine rings is 1. The lowest BCUT2D eigenvalue weighted by Crippen LogP contribution is -2.47. The fraction of sp³-hybridized carbons (Fsp3) is 0.857. The largest absolute Gasteiger partial charge is 0.312 e. The highest BCUT2D eigenvalue weighted by Gasteiger charge is 2.36. The van der Waals surface area contributed by atoms with Crippen molar-refractivity contribution in [2.75, 3.05) is 13.1 Å². The van der Waals surface area contributed by atoms with Gasteiger partial charge in [-0.1, -0.05) is 13.8 Å². The van der Waals surface area contributed by atoms with Crippen LogP contribution in [0, 0.1) is 5.41 Å². The highest BCUT2D eigenvalue weighted by molar-refractivity contribution is 5.98. The van der Waals surface area contributed by atoms with E-state index in [0.717, 1.165) is 13.0 Å². The zero-order valence-corrected chi connectivity index (χ0v) is 12.3. The molecule has 0 unspecified atom stereocenters. The predicted octanol–water partition coefficient (Wildman–Crippen LogP) is 1.94. The zero-order chi connectivity index (χ0) is 14.0. The average molecular weight is 254 g/mol. The second kappa shape index (κ2) is 5.39. The van der Waals surface area contributed by atoms with Crippen LogP contribution >= 0.6 is 0 Å². The first kappa shape index (κ1) is 15.2. The van der Waals surface area contributed by atoms with Crippen LogP contribution in [0.3, 0.4) is 0 Å². The average Bonchev–Trinajstić information content (AvgIpc) is 2.11. The molecule has 104 valence electrons. The third kappa shape index (κ3) is 4.77. The number of likely N-dealkylation sites (tertiary alicyclic amines) is 1. The summed E-state index contributed by atoms with van der Waals surface area (Å²) in [5, 5.41) is 3.36. The number of nitrogens with zero attached hydrogens (tertiary/aromatic N) is 1. The topological polar surface area (TPSA) is 49.4 Å². The van der Waals surface area contributed by atoms with E-state index in [0.29, 0.717) is 19.4 Å². The molecule has 2 amide bonds. The van der Waals surface area contributed by atoms with Crippen molar-refractivity contribution in [3.63, 3.8) is 0 Å². The number of amides is 2. The molecule has 0 aliphatic carbocycles. The molecular formula is C14H26N2O2. The molecule has 18 heavy (non-hydrogen) atoms. The number of hydrogen-bond donors (Lipinski definition) is 1. The smallest absolute Gasteiger partial charge is 0.229 e. The van der Waals surface area contributed by atoms with Crippen LogP contribution in [0.25, 0.3) is 0 Å². The Morgan fingerprint density at radius 3 is 2.11 bits per heavy atom. The number of nitrogens with one attached hydrogen (secondary N) is 1. The summed E-state index contributed by atoms with van der Waals surface area (Å²) < 4.78 is 0. The number of carbonyl (C=O) groups is 2. The van der Waals surface area contributed by atoms with Gasteiger partial charge in [0.25, 0.3) is 0 Å². The van der Waals surface area contributed by atoms with Crippen molar-refractivity contribution in [3.05, 3.63) is 0 Å². The third-order valence-corrected chi connectivity index (χ3v) is 3.08. The Hall–Kier alpha value is -0.900. The Labute approximate surface area is 110 Å². The van der Waals surface area contributed by atoms with Gasteiger partial charge in [0, 0.05) is 24.9 Å². The predicted molar refractivity (Wildman–Crippen MR) is 72.1 cm³/mol. The molecule has 0 aromatic heterocycles. The number of carbonyl (C=O) groups excluding carboxylic acids is 2. The summed E-state index contributed by atoms with van der Waals surface area (Å²) in [7, 11) is 0. The van der Waals surface area contributed by atoms with E-state index in [1.54, 1.807) is 0 Å². The Morgan fingerprint density at radius 2 is 1.67 bits per heavy atom. The Morgan fingerprint density at radius 1 is 1.17 bits per heavy atom. The molecule has 0 saturated carbocycles.